The van der Waals surface area contributed by atoms with E-state index in [-0.39, 0.29) is 21.2 Å². The van der Waals surface area contributed by atoms with Crippen LogP contribution in [0.3, 0.4) is 0 Å². The molecule has 0 atom stereocenters. The molecule has 0 unspecified atom stereocenters. The van der Waals surface area contributed by atoms with Gasteiger partial charge in [-0.1, -0.05) is 34.8 Å². The molecule has 2 rings (SSSR count). The summed E-state index contributed by atoms with van der Waals surface area (Å²) in [4.78, 5) is 12.1. The summed E-state index contributed by atoms with van der Waals surface area (Å²) in [5.41, 5.74) is 0.0638. The highest BCUT2D eigenvalue weighted by Crippen LogP contribution is 2.25. The van der Waals surface area contributed by atoms with Crippen LogP contribution in [0.1, 0.15) is 15.9 Å². The van der Waals surface area contributed by atoms with Crippen molar-refractivity contribution >= 4 is 40.6 Å². The molecule has 0 saturated carbocycles. The van der Waals surface area contributed by atoms with E-state index in [4.69, 9.17) is 34.8 Å². The molecule has 0 heterocycles. The zero-order valence-electron chi connectivity index (χ0n) is 8.88. The number of hydrogen-bond acceptors (Lipinski definition) is 1. The Morgan fingerprint density at radius 3 is 2.17 bits per heavy atom. The maximum absolute atomic E-state index is 13.6. The van der Waals surface area contributed by atoms with Gasteiger partial charge in [-0.05, 0) is 36.4 Å². The van der Waals surface area contributed by atoms with Crippen molar-refractivity contribution in [2.75, 3.05) is 0 Å². The van der Waals surface area contributed by atoms with Crippen molar-refractivity contribution in [3.63, 3.8) is 0 Å². The molecule has 0 aliphatic rings. The van der Waals surface area contributed by atoms with Crippen LogP contribution >= 0.6 is 34.8 Å². The quantitative estimate of drug-likeness (QED) is 0.712. The minimum absolute atomic E-state index is 0.0939. The summed E-state index contributed by atoms with van der Waals surface area (Å²) >= 11 is 17.3. The van der Waals surface area contributed by atoms with Crippen molar-refractivity contribution in [1.29, 1.82) is 0 Å². The Hall–Kier alpha value is -1.09. The number of carbonyl (C=O) groups is 1. The molecule has 2 aromatic carbocycles. The van der Waals surface area contributed by atoms with E-state index in [1.807, 2.05) is 0 Å². The van der Waals surface area contributed by atoms with Gasteiger partial charge in [0.25, 0.3) is 0 Å². The van der Waals surface area contributed by atoms with Gasteiger partial charge in [-0.2, -0.15) is 0 Å². The van der Waals surface area contributed by atoms with E-state index in [1.54, 1.807) is 6.07 Å². The molecule has 18 heavy (non-hydrogen) atoms. The Labute approximate surface area is 118 Å². The van der Waals surface area contributed by atoms with E-state index < -0.39 is 11.6 Å². The molecule has 0 aliphatic heterocycles. The van der Waals surface area contributed by atoms with Gasteiger partial charge in [0.15, 0.2) is 5.78 Å². The molecule has 1 nitrogen and oxygen atoms in total. The van der Waals surface area contributed by atoms with Crippen molar-refractivity contribution in [2.45, 2.75) is 0 Å². The number of halogens is 4. The highest BCUT2D eigenvalue weighted by atomic mass is 35.5. The largest absolute Gasteiger partial charge is 0.288 e. The highest BCUT2D eigenvalue weighted by Gasteiger charge is 2.17. The lowest BCUT2D eigenvalue weighted by Crippen LogP contribution is -2.05. The third kappa shape index (κ3) is 2.66. The first-order valence-electron chi connectivity index (χ1n) is 4.94. The molecule has 5 heteroatoms. The Morgan fingerprint density at radius 2 is 1.50 bits per heavy atom. The summed E-state index contributed by atoms with van der Waals surface area (Å²) < 4.78 is 13.6. The van der Waals surface area contributed by atoms with Crippen LogP contribution in [0.25, 0.3) is 0 Å². The first kappa shape index (κ1) is 13.3. The molecule has 92 valence electrons. The monoisotopic (exact) mass is 302 g/mol. The minimum Gasteiger partial charge on any atom is -0.288 e. The summed E-state index contributed by atoms with van der Waals surface area (Å²) in [6.45, 7) is 0. The first-order valence-corrected chi connectivity index (χ1v) is 6.07. The Kier molecular flexibility index (Phi) is 3.91. The van der Waals surface area contributed by atoms with Crippen molar-refractivity contribution in [3.8, 4) is 0 Å². The van der Waals surface area contributed by atoms with E-state index >= 15 is 0 Å². The topological polar surface area (TPSA) is 17.1 Å². The molecular formula is C13H6Cl3FO. The molecule has 0 saturated heterocycles. The number of ketones is 1. The average molecular weight is 304 g/mol. The number of carbonyl (C=O) groups excluding carboxylic acids is 1. The molecule has 0 fully saturated rings. The van der Waals surface area contributed by atoms with Crippen LogP contribution in [0, 0.1) is 5.82 Å². The molecule has 0 aromatic heterocycles. The van der Waals surface area contributed by atoms with Crippen molar-refractivity contribution in [1.82, 2.24) is 0 Å². The maximum Gasteiger partial charge on any atom is 0.197 e. The molecule has 0 aliphatic carbocycles. The Bertz CT molecular complexity index is 626. The minimum atomic E-state index is -0.691. The smallest absolute Gasteiger partial charge is 0.197 e. The maximum atomic E-state index is 13.6. The van der Waals surface area contributed by atoms with Gasteiger partial charge in [0.05, 0.1) is 10.6 Å². The fraction of sp³-hybridized carbons (Fsp3) is 0. The molecule has 0 N–H and O–H groups in total. The first-order chi connectivity index (χ1) is 8.49. The normalized spacial score (nSPS) is 10.4. The van der Waals surface area contributed by atoms with E-state index in [1.165, 1.54) is 24.3 Å². The van der Waals surface area contributed by atoms with Gasteiger partial charge >= 0.3 is 0 Å². The number of benzene rings is 2. The summed E-state index contributed by atoms with van der Waals surface area (Å²) in [6, 6.07) is 8.28. The zero-order valence-corrected chi connectivity index (χ0v) is 11.2. The molecule has 0 amide bonds. The number of rotatable bonds is 2. The van der Waals surface area contributed by atoms with Crippen LogP contribution in [0.5, 0.6) is 0 Å². The Balaban J connectivity index is 2.51. The SMILES string of the molecule is O=C(c1ccc(Cl)cc1F)c1cc(Cl)ccc1Cl. The molecule has 0 spiro atoms. The second-order valence-electron chi connectivity index (χ2n) is 3.58. The van der Waals surface area contributed by atoms with E-state index in [0.717, 1.165) is 6.07 Å². The lowest BCUT2D eigenvalue weighted by molar-refractivity contribution is 0.103. The molecule has 0 radical (unpaired) electrons. The van der Waals surface area contributed by atoms with Crippen molar-refractivity contribution < 1.29 is 9.18 Å². The summed E-state index contributed by atoms with van der Waals surface area (Å²) in [6.07, 6.45) is 0. The van der Waals surface area contributed by atoms with Crippen molar-refractivity contribution in [2.24, 2.45) is 0 Å². The second-order valence-corrected chi connectivity index (χ2v) is 4.86. The highest BCUT2D eigenvalue weighted by molar-refractivity contribution is 6.37. The van der Waals surface area contributed by atoms with Gasteiger partial charge in [-0.25, -0.2) is 4.39 Å². The van der Waals surface area contributed by atoms with Gasteiger partial charge in [-0.15, -0.1) is 0 Å². The fourth-order valence-corrected chi connectivity index (χ4v) is 2.02. The predicted octanol–water partition coefficient (Wildman–Crippen LogP) is 5.02. The standard InChI is InChI=1S/C13H6Cl3FO/c14-7-2-4-11(16)10(5-7)13(18)9-3-1-8(15)6-12(9)17/h1-6H. The predicted molar refractivity (Wildman–Crippen MR) is 71.3 cm³/mol. The van der Waals surface area contributed by atoms with Crippen LogP contribution < -0.4 is 0 Å². The number of hydrogen-bond donors (Lipinski definition) is 0. The van der Waals surface area contributed by atoms with E-state index in [9.17, 15) is 9.18 Å². The third-order valence-corrected chi connectivity index (χ3v) is 3.15. The summed E-state index contributed by atoms with van der Waals surface area (Å²) in [7, 11) is 0. The van der Waals surface area contributed by atoms with Crippen LogP contribution in [-0.2, 0) is 0 Å². The second kappa shape index (κ2) is 5.27. The van der Waals surface area contributed by atoms with Crippen LogP contribution in [0.15, 0.2) is 36.4 Å². The Morgan fingerprint density at radius 1 is 0.889 bits per heavy atom. The zero-order chi connectivity index (χ0) is 13.3. The van der Waals surface area contributed by atoms with Gasteiger partial charge in [0.1, 0.15) is 5.82 Å². The average Bonchev–Trinajstić information content (AvgIpc) is 2.31. The van der Waals surface area contributed by atoms with Crippen LogP contribution in [-0.4, -0.2) is 5.78 Å². The fourth-order valence-electron chi connectivity index (χ4n) is 1.49. The van der Waals surface area contributed by atoms with Gasteiger partial charge in [0.2, 0.25) is 0 Å². The van der Waals surface area contributed by atoms with Gasteiger partial charge in [-0.3, -0.25) is 4.79 Å². The van der Waals surface area contributed by atoms with Gasteiger partial charge < -0.3 is 0 Å². The van der Waals surface area contributed by atoms with Gasteiger partial charge in [0, 0.05) is 15.6 Å². The summed E-state index contributed by atoms with van der Waals surface area (Å²) in [5.74, 6) is -1.22. The lowest BCUT2D eigenvalue weighted by Gasteiger charge is -2.05. The van der Waals surface area contributed by atoms with Crippen LogP contribution in [0.4, 0.5) is 4.39 Å². The van der Waals surface area contributed by atoms with E-state index in [2.05, 4.69) is 0 Å². The molecule has 2 aromatic rings. The molecule has 0 bridgehead atoms. The van der Waals surface area contributed by atoms with Crippen molar-refractivity contribution in [3.05, 3.63) is 68.4 Å². The van der Waals surface area contributed by atoms with E-state index in [0.29, 0.717) is 5.02 Å². The summed E-state index contributed by atoms with van der Waals surface area (Å²) in [5, 5.41) is 0.803. The third-order valence-electron chi connectivity index (χ3n) is 2.35. The van der Waals surface area contributed by atoms with Crippen LogP contribution in [0.2, 0.25) is 15.1 Å². The lowest BCUT2D eigenvalue weighted by atomic mass is 10.0. The molecular weight excluding hydrogens is 297 g/mol.